The van der Waals surface area contributed by atoms with E-state index in [-0.39, 0.29) is 22.0 Å². The number of carbonyl (C=O) groups excluding carboxylic acids is 2. The van der Waals surface area contributed by atoms with E-state index in [9.17, 15) is 18.0 Å². The predicted octanol–water partition coefficient (Wildman–Crippen LogP) is 3.48. The molecule has 184 valence electrons. The van der Waals surface area contributed by atoms with Crippen LogP contribution in [0.15, 0.2) is 59.8 Å². The summed E-state index contributed by atoms with van der Waals surface area (Å²) in [6.45, 7) is 0.899. The molecule has 10 heteroatoms. The first-order valence-corrected chi connectivity index (χ1v) is 12.9. The second-order valence-electron chi connectivity index (χ2n) is 8.41. The number of aryl methyl sites for hydroxylation is 1. The summed E-state index contributed by atoms with van der Waals surface area (Å²) in [4.78, 5) is 29.6. The van der Waals surface area contributed by atoms with Crippen molar-refractivity contribution in [1.29, 1.82) is 0 Å². The third-order valence-electron chi connectivity index (χ3n) is 6.04. The van der Waals surface area contributed by atoms with Gasteiger partial charge in [0.15, 0.2) is 5.82 Å². The lowest BCUT2D eigenvalue weighted by molar-refractivity contribution is 0.102. The maximum atomic E-state index is 13.4. The highest BCUT2D eigenvalue weighted by Crippen LogP contribution is 2.29. The van der Waals surface area contributed by atoms with Gasteiger partial charge in [-0.2, -0.15) is 4.31 Å². The number of hydrogen-bond acceptors (Lipinski definition) is 6. The molecule has 1 aliphatic rings. The van der Waals surface area contributed by atoms with E-state index in [0.717, 1.165) is 25.7 Å². The van der Waals surface area contributed by atoms with Gasteiger partial charge in [0.2, 0.25) is 15.8 Å². The average molecular weight is 497 g/mol. The molecule has 0 saturated carbocycles. The molecule has 2 heterocycles. The maximum absolute atomic E-state index is 13.4. The van der Waals surface area contributed by atoms with Crippen LogP contribution in [0.3, 0.4) is 0 Å². The predicted molar refractivity (Wildman–Crippen MR) is 131 cm³/mol. The largest absolute Gasteiger partial charge is 0.495 e. The van der Waals surface area contributed by atoms with Crippen molar-refractivity contribution in [2.45, 2.75) is 30.6 Å². The van der Waals surface area contributed by atoms with E-state index in [1.54, 1.807) is 48.3 Å². The Morgan fingerprint density at radius 2 is 1.63 bits per heavy atom. The van der Waals surface area contributed by atoms with E-state index >= 15 is 0 Å². The molecule has 3 aromatic rings. The molecular weight excluding hydrogens is 468 g/mol. The number of rotatable bonds is 7. The molecule has 0 atom stereocenters. The molecular formula is C25H28N4O5S. The van der Waals surface area contributed by atoms with Crippen molar-refractivity contribution in [2.75, 3.05) is 25.5 Å². The van der Waals surface area contributed by atoms with Gasteiger partial charge in [0.05, 0.1) is 7.11 Å². The number of methoxy groups -OCH3 is 1. The molecule has 1 saturated heterocycles. The van der Waals surface area contributed by atoms with Crippen molar-refractivity contribution < 1.29 is 22.7 Å². The van der Waals surface area contributed by atoms with E-state index in [1.165, 1.54) is 29.6 Å². The number of amides is 1. The Labute approximate surface area is 204 Å². The summed E-state index contributed by atoms with van der Waals surface area (Å²) in [6, 6.07) is 10.8. The number of ketones is 1. The van der Waals surface area contributed by atoms with E-state index in [2.05, 4.69) is 10.3 Å². The molecule has 1 aliphatic heterocycles. The van der Waals surface area contributed by atoms with Crippen molar-refractivity contribution in [3.63, 3.8) is 0 Å². The lowest BCUT2D eigenvalue weighted by atomic mass is 10.1. The highest BCUT2D eigenvalue weighted by atomic mass is 32.2. The van der Waals surface area contributed by atoms with Crippen molar-refractivity contribution in [2.24, 2.45) is 7.05 Å². The topological polar surface area (TPSA) is 111 Å². The third-order valence-corrected chi connectivity index (χ3v) is 7.96. The second kappa shape index (κ2) is 10.4. The van der Waals surface area contributed by atoms with Gasteiger partial charge in [-0.1, -0.05) is 12.8 Å². The Morgan fingerprint density at radius 1 is 0.971 bits per heavy atom. The van der Waals surface area contributed by atoms with Crippen LogP contribution in [0.2, 0.25) is 0 Å². The Morgan fingerprint density at radius 3 is 2.23 bits per heavy atom. The van der Waals surface area contributed by atoms with Crippen molar-refractivity contribution in [3.05, 3.63) is 71.8 Å². The molecule has 4 rings (SSSR count). The molecule has 1 amide bonds. The summed E-state index contributed by atoms with van der Waals surface area (Å²) in [6.07, 6.45) is 6.85. The minimum atomic E-state index is -3.81. The van der Waals surface area contributed by atoms with Gasteiger partial charge in [-0.05, 0) is 55.3 Å². The van der Waals surface area contributed by atoms with Crippen LogP contribution in [0, 0.1) is 0 Å². The Balaban J connectivity index is 1.54. The van der Waals surface area contributed by atoms with E-state index in [1.807, 2.05) is 0 Å². The monoisotopic (exact) mass is 496 g/mol. The standard InChI is InChI=1S/C25H28N4O5S/c1-28-16-13-26-24(28)23(30)18-7-10-20(11-8-18)27-25(31)19-9-12-21(34-2)22(17-19)35(32,33)29-14-5-3-4-6-15-29/h7-13,16-17H,3-6,14-15H2,1-2H3,(H,27,31). The van der Waals surface area contributed by atoms with Gasteiger partial charge >= 0.3 is 0 Å². The van der Waals surface area contributed by atoms with Crippen LogP contribution in [-0.2, 0) is 17.1 Å². The molecule has 0 aliphatic carbocycles. The second-order valence-corrected chi connectivity index (χ2v) is 10.3. The quantitative estimate of drug-likeness (QED) is 0.502. The van der Waals surface area contributed by atoms with Crippen LogP contribution >= 0.6 is 0 Å². The zero-order valence-electron chi connectivity index (χ0n) is 19.7. The fourth-order valence-corrected chi connectivity index (χ4v) is 5.76. The zero-order valence-corrected chi connectivity index (χ0v) is 20.5. The first-order valence-electron chi connectivity index (χ1n) is 11.4. The smallest absolute Gasteiger partial charge is 0.255 e. The van der Waals surface area contributed by atoms with Crippen LogP contribution in [0.25, 0.3) is 0 Å². The molecule has 0 spiro atoms. The molecule has 1 fully saturated rings. The van der Waals surface area contributed by atoms with Gasteiger partial charge in [0.25, 0.3) is 5.91 Å². The minimum absolute atomic E-state index is 0.0226. The maximum Gasteiger partial charge on any atom is 0.255 e. The van der Waals surface area contributed by atoms with E-state index in [4.69, 9.17) is 4.74 Å². The number of sulfonamides is 1. The minimum Gasteiger partial charge on any atom is -0.495 e. The first kappa shape index (κ1) is 24.6. The number of carbonyl (C=O) groups is 2. The normalized spacial score (nSPS) is 14.8. The van der Waals surface area contributed by atoms with E-state index in [0.29, 0.717) is 30.2 Å². The van der Waals surface area contributed by atoms with Gasteiger partial charge in [-0.15, -0.1) is 0 Å². The van der Waals surface area contributed by atoms with Gasteiger partial charge < -0.3 is 14.6 Å². The number of imidazole rings is 1. The summed E-state index contributed by atoms with van der Waals surface area (Å²) in [5.74, 6) is -0.182. The number of nitrogens with zero attached hydrogens (tertiary/aromatic N) is 3. The third kappa shape index (κ3) is 5.28. The SMILES string of the molecule is COc1ccc(C(=O)Nc2ccc(C(=O)c3nccn3C)cc2)cc1S(=O)(=O)N1CCCCCC1. The number of nitrogens with one attached hydrogen (secondary N) is 1. The van der Waals surface area contributed by atoms with Crippen molar-refractivity contribution in [1.82, 2.24) is 13.9 Å². The molecule has 2 aromatic carbocycles. The molecule has 1 aromatic heterocycles. The molecule has 9 nitrogen and oxygen atoms in total. The van der Waals surface area contributed by atoms with Crippen LogP contribution < -0.4 is 10.1 Å². The average Bonchev–Trinajstić information content (AvgIpc) is 3.10. The summed E-state index contributed by atoms with van der Waals surface area (Å²) in [7, 11) is -0.666. The van der Waals surface area contributed by atoms with E-state index < -0.39 is 15.9 Å². The molecule has 1 N–H and O–H groups in total. The summed E-state index contributed by atoms with van der Waals surface area (Å²) in [5, 5.41) is 2.76. The van der Waals surface area contributed by atoms with Crippen LogP contribution in [0.4, 0.5) is 5.69 Å². The number of hydrogen-bond donors (Lipinski definition) is 1. The van der Waals surface area contributed by atoms with Crippen LogP contribution in [0.1, 0.15) is 52.2 Å². The summed E-state index contributed by atoms with van der Waals surface area (Å²) >= 11 is 0. The lowest BCUT2D eigenvalue weighted by Gasteiger charge is -2.21. The van der Waals surface area contributed by atoms with Gasteiger partial charge in [0, 0.05) is 49.3 Å². The summed E-state index contributed by atoms with van der Waals surface area (Å²) < 4.78 is 35.1. The van der Waals surface area contributed by atoms with Gasteiger partial charge in [0.1, 0.15) is 10.6 Å². The van der Waals surface area contributed by atoms with Crippen molar-refractivity contribution >= 4 is 27.4 Å². The molecule has 0 radical (unpaired) electrons. The number of ether oxygens (including phenoxy) is 1. The van der Waals surface area contributed by atoms with Gasteiger partial charge in [-0.3, -0.25) is 9.59 Å². The molecule has 0 bridgehead atoms. The van der Waals surface area contributed by atoms with Gasteiger partial charge in [-0.25, -0.2) is 13.4 Å². The fraction of sp³-hybridized carbons (Fsp3) is 0.320. The molecule has 35 heavy (non-hydrogen) atoms. The Kier molecular flexibility index (Phi) is 7.32. The number of aromatic nitrogens is 2. The highest BCUT2D eigenvalue weighted by Gasteiger charge is 2.29. The zero-order chi connectivity index (χ0) is 25.0. The number of anilines is 1. The Bertz CT molecular complexity index is 1320. The highest BCUT2D eigenvalue weighted by molar-refractivity contribution is 7.89. The Hall–Kier alpha value is -3.50. The molecule has 0 unspecified atom stereocenters. The first-order chi connectivity index (χ1) is 16.8. The summed E-state index contributed by atoms with van der Waals surface area (Å²) in [5.41, 5.74) is 1.10. The lowest BCUT2D eigenvalue weighted by Crippen LogP contribution is -2.32. The van der Waals surface area contributed by atoms with Crippen LogP contribution in [0.5, 0.6) is 5.75 Å². The van der Waals surface area contributed by atoms with Crippen molar-refractivity contribution in [3.8, 4) is 5.75 Å². The fourth-order valence-electron chi connectivity index (χ4n) is 4.06. The number of benzene rings is 2. The van der Waals surface area contributed by atoms with Crippen LogP contribution in [-0.4, -0.2) is 54.2 Å².